The van der Waals surface area contributed by atoms with Crippen molar-refractivity contribution in [3.8, 4) is 0 Å². The van der Waals surface area contributed by atoms with E-state index in [1.165, 1.54) is 0 Å². The molecule has 0 radical (unpaired) electrons. The second-order valence-electron chi connectivity index (χ2n) is 6.99. The van der Waals surface area contributed by atoms with E-state index >= 15 is 0 Å². The molecule has 3 amide bonds. The van der Waals surface area contributed by atoms with Gasteiger partial charge >= 0.3 is 5.97 Å². The fourth-order valence-electron chi connectivity index (χ4n) is 2.43. The third kappa shape index (κ3) is 11.2. The molecule has 0 fully saturated rings. The van der Waals surface area contributed by atoms with Gasteiger partial charge in [-0.25, -0.2) is 4.79 Å². The molecule has 0 unspecified atom stereocenters. The number of primary amides is 1. The highest BCUT2D eigenvalue weighted by Crippen LogP contribution is 2.08. The lowest BCUT2D eigenvalue weighted by atomic mass is 10.0. The van der Waals surface area contributed by atoms with E-state index < -0.39 is 41.8 Å². The molecule has 27 heavy (non-hydrogen) atoms. The molecule has 0 rings (SSSR count). The monoisotopic (exact) mass is 387 g/mol. The van der Waals surface area contributed by atoms with Crippen LogP contribution < -0.4 is 27.8 Å². The number of hydrogen-bond donors (Lipinski definition) is 6. The van der Waals surface area contributed by atoms with Crippen LogP contribution in [0.4, 0.5) is 0 Å². The number of carbonyl (C=O) groups excluding carboxylic acids is 3. The summed E-state index contributed by atoms with van der Waals surface area (Å²) in [5, 5.41) is 14.3. The van der Waals surface area contributed by atoms with Crippen LogP contribution in [0.2, 0.25) is 0 Å². The van der Waals surface area contributed by atoms with Crippen molar-refractivity contribution in [3.63, 3.8) is 0 Å². The highest BCUT2D eigenvalue weighted by Gasteiger charge is 2.28. The van der Waals surface area contributed by atoms with Gasteiger partial charge < -0.3 is 32.9 Å². The van der Waals surface area contributed by atoms with E-state index in [1.54, 1.807) is 0 Å². The van der Waals surface area contributed by atoms with E-state index in [4.69, 9.17) is 17.2 Å². The topological polar surface area (TPSA) is 191 Å². The van der Waals surface area contributed by atoms with E-state index in [-0.39, 0.29) is 25.2 Å². The number of aliphatic carboxylic acids is 1. The van der Waals surface area contributed by atoms with Crippen molar-refractivity contribution < 1.29 is 24.3 Å². The van der Waals surface area contributed by atoms with Crippen LogP contribution in [0.5, 0.6) is 0 Å². The second-order valence-corrected chi connectivity index (χ2v) is 6.99. The first-order chi connectivity index (χ1) is 12.6. The number of carboxylic acid groups (broad SMARTS) is 1. The van der Waals surface area contributed by atoms with Gasteiger partial charge in [0.2, 0.25) is 17.7 Å². The van der Waals surface area contributed by atoms with E-state index in [0.29, 0.717) is 25.8 Å². The quantitative estimate of drug-likeness (QED) is 0.202. The minimum Gasteiger partial charge on any atom is -0.480 e. The van der Waals surface area contributed by atoms with Crippen molar-refractivity contribution in [1.82, 2.24) is 10.6 Å². The van der Waals surface area contributed by atoms with Crippen LogP contribution in [0.3, 0.4) is 0 Å². The maximum Gasteiger partial charge on any atom is 0.326 e. The summed E-state index contributed by atoms with van der Waals surface area (Å²) in [5.41, 5.74) is 16.2. The SMILES string of the molecule is CC(C)C[C@H](NC(=O)[C@H](CCCCN)NC(=O)[C@@H](N)CCC(N)=O)C(=O)O. The summed E-state index contributed by atoms with van der Waals surface area (Å²) in [7, 11) is 0. The molecule has 0 aromatic carbocycles. The summed E-state index contributed by atoms with van der Waals surface area (Å²) in [6.07, 6.45) is 1.81. The van der Waals surface area contributed by atoms with Gasteiger partial charge in [0.05, 0.1) is 6.04 Å². The van der Waals surface area contributed by atoms with Crippen molar-refractivity contribution in [2.75, 3.05) is 6.54 Å². The number of amides is 3. The lowest BCUT2D eigenvalue weighted by Gasteiger charge is -2.23. The van der Waals surface area contributed by atoms with Crippen molar-refractivity contribution in [2.45, 2.75) is 70.5 Å². The van der Waals surface area contributed by atoms with E-state index in [0.717, 1.165) is 0 Å². The first-order valence-corrected chi connectivity index (χ1v) is 9.15. The molecule has 0 saturated carbocycles. The third-order valence-electron chi connectivity index (χ3n) is 3.94. The maximum absolute atomic E-state index is 12.5. The Morgan fingerprint density at radius 1 is 0.963 bits per heavy atom. The summed E-state index contributed by atoms with van der Waals surface area (Å²) in [4.78, 5) is 46.9. The summed E-state index contributed by atoms with van der Waals surface area (Å²) in [6, 6.07) is -2.97. The zero-order chi connectivity index (χ0) is 21.0. The average Bonchev–Trinajstić information content (AvgIpc) is 2.57. The molecule has 0 aromatic rings. The van der Waals surface area contributed by atoms with Crippen LogP contribution in [0, 0.1) is 5.92 Å². The number of rotatable bonds is 14. The van der Waals surface area contributed by atoms with Crippen molar-refractivity contribution >= 4 is 23.7 Å². The first kappa shape index (κ1) is 24.8. The van der Waals surface area contributed by atoms with Crippen molar-refractivity contribution in [1.29, 1.82) is 0 Å². The van der Waals surface area contributed by atoms with Crippen LogP contribution in [0.1, 0.15) is 52.4 Å². The van der Waals surface area contributed by atoms with Crippen LogP contribution in [0.15, 0.2) is 0 Å². The zero-order valence-electron chi connectivity index (χ0n) is 16.1. The molecule has 0 saturated heterocycles. The van der Waals surface area contributed by atoms with Crippen LogP contribution in [-0.4, -0.2) is 53.5 Å². The predicted octanol–water partition coefficient (Wildman–Crippen LogP) is -1.19. The van der Waals surface area contributed by atoms with Gasteiger partial charge in [0.25, 0.3) is 0 Å². The fraction of sp³-hybridized carbons (Fsp3) is 0.765. The van der Waals surface area contributed by atoms with Crippen LogP contribution in [-0.2, 0) is 19.2 Å². The maximum atomic E-state index is 12.5. The van der Waals surface area contributed by atoms with Crippen molar-refractivity contribution in [2.24, 2.45) is 23.1 Å². The number of unbranched alkanes of at least 4 members (excludes halogenated alkanes) is 1. The van der Waals surface area contributed by atoms with Gasteiger partial charge in [-0.15, -0.1) is 0 Å². The molecule has 0 bridgehead atoms. The van der Waals surface area contributed by atoms with Gasteiger partial charge in [-0.05, 0) is 44.6 Å². The molecule has 0 aliphatic carbocycles. The number of carbonyl (C=O) groups is 4. The summed E-state index contributed by atoms with van der Waals surface area (Å²) < 4.78 is 0. The predicted molar refractivity (Wildman–Crippen MR) is 100 cm³/mol. The normalized spacial score (nSPS) is 14.3. The molecule has 0 aliphatic heterocycles. The highest BCUT2D eigenvalue weighted by atomic mass is 16.4. The second kappa shape index (κ2) is 13.0. The molecule has 156 valence electrons. The fourth-order valence-corrected chi connectivity index (χ4v) is 2.43. The molecular formula is C17H33N5O5. The Hall–Kier alpha value is -2.20. The Bertz CT molecular complexity index is 512. The van der Waals surface area contributed by atoms with Gasteiger partial charge in [0.15, 0.2) is 0 Å². The van der Waals surface area contributed by atoms with E-state index in [9.17, 15) is 24.3 Å². The summed E-state index contributed by atoms with van der Waals surface area (Å²) in [6.45, 7) is 4.13. The number of nitrogens with two attached hydrogens (primary N) is 3. The lowest BCUT2D eigenvalue weighted by Crippen LogP contribution is -2.54. The smallest absolute Gasteiger partial charge is 0.326 e. The molecule has 9 N–H and O–H groups in total. The molecule has 0 spiro atoms. The summed E-state index contributed by atoms with van der Waals surface area (Å²) in [5.74, 6) is -2.83. The van der Waals surface area contributed by atoms with Gasteiger partial charge in [0.1, 0.15) is 12.1 Å². The molecule has 3 atom stereocenters. The number of nitrogens with one attached hydrogen (secondary N) is 2. The number of hydrogen-bond acceptors (Lipinski definition) is 6. The minimum atomic E-state index is -1.14. The van der Waals surface area contributed by atoms with Gasteiger partial charge in [0, 0.05) is 6.42 Å². The zero-order valence-corrected chi connectivity index (χ0v) is 16.1. The molecule has 0 aliphatic rings. The van der Waals surface area contributed by atoms with Gasteiger partial charge in [-0.1, -0.05) is 13.8 Å². The Balaban J connectivity index is 4.98. The highest BCUT2D eigenvalue weighted by molar-refractivity contribution is 5.91. The van der Waals surface area contributed by atoms with Crippen LogP contribution >= 0.6 is 0 Å². The van der Waals surface area contributed by atoms with Crippen molar-refractivity contribution in [3.05, 3.63) is 0 Å². The Labute approximate surface area is 159 Å². The third-order valence-corrected chi connectivity index (χ3v) is 3.94. The average molecular weight is 387 g/mol. The Kier molecular flexibility index (Phi) is 12.0. The molecule has 0 aromatic heterocycles. The standard InChI is InChI=1S/C17H33N5O5/c1-10(2)9-13(17(26)27)22-16(25)12(5-3-4-8-18)21-15(24)11(19)6-7-14(20)23/h10-13H,3-9,18-19H2,1-2H3,(H2,20,23)(H,21,24)(H,22,25)(H,26,27)/t11-,12-,13-/m0/s1. The Morgan fingerprint density at radius 2 is 1.56 bits per heavy atom. The molecule has 10 heteroatoms. The Morgan fingerprint density at radius 3 is 2.04 bits per heavy atom. The largest absolute Gasteiger partial charge is 0.480 e. The van der Waals surface area contributed by atoms with Gasteiger partial charge in [-0.2, -0.15) is 0 Å². The first-order valence-electron chi connectivity index (χ1n) is 9.15. The summed E-state index contributed by atoms with van der Waals surface area (Å²) >= 11 is 0. The number of carboxylic acids is 1. The van der Waals surface area contributed by atoms with E-state index in [1.807, 2.05) is 13.8 Å². The molecule has 10 nitrogen and oxygen atoms in total. The molecular weight excluding hydrogens is 354 g/mol. The minimum absolute atomic E-state index is 0.0475. The van der Waals surface area contributed by atoms with Gasteiger partial charge in [-0.3, -0.25) is 14.4 Å². The van der Waals surface area contributed by atoms with Crippen LogP contribution in [0.25, 0.3) is 0 Å². The lowest BCUT2D eigenvalue weighted by molar-refractivity contribution is -0.142. The van der Waals surface area contributed by atoms with E-state index in [2.05, 4.69) is 10.6 Å². The molecule has 0 heterocycles.